The number of hydrogen-bond donors (Lipinski definition) is 1. The number of aryl methyl sites for hydroxylation is 1. The predicted molar refractivity (Wildman–Crippen MR) is 111 cm³/mol. The fraction of sp³-hybridized carbons (Fsp3) is 0.136. The molecule has 1 aromatic heterocycles. The van der Waals surface area contributed by atoms with E-state index < -0.39 is 0 Å². The largest absolute Gasteiger partial charge is 0.325 e. The van der Waals surface area contributed by atoms with E-state index in [9.17, 15) is 9.59 Å². The highest BCUT2D eigenvalue weighted by Gasteiger charge is 2.29. The summed E-state index contributed by atoms with van der Waals surface area (Å²) < 4.78 is 0. The first-order valence-corrected chi connectivity index (χ1v) is 9.90. The van der Waals surface area contributed by atoms with Crippen molar-refractivity contribution < 1.29 is 9.59 Å². The number of carbonyl (C=O) groups excluding carboxylic acids is 2. The molecule has 1 aliphatic rings. The molecule has 0 spiro atoms. The monoisotopic (exact) mass is 389 g/mol. The van der Waals surface area contributed by atoms with Gasteiger partial charge in [-0.25, -0.2) is 4.98 Å². The molecule has 0 atom stereocenters. The van der Waals surface area contributed by atoms with Crippen LogP contribution in [0, 0.1) is 0 Å². The number of amides is 2. The average Bonchev–Trinajstić information content (AvgIpc) is 2.83. The third-order valence-electron chi connectivity index (χ3n) is 4.53. The normalized spacial score (nSPS) is 12.8. The molecule has 2 amide bonds. The van der Waals surface area contributed by atoms with Gasteiger partial charge in [0.2, 0.25) is 5.91 Å². The van der Waals surface area contributed by atoms with Crippen molar-refractivity contribution in [1.82, 2.24) is 4.98 Å². The zero-order valence-corrected chi connectivity index (χ0v) is 16.2. The summed E-state index contributed by atoms with van der Waals surface area (Å²) in [4.78, 5) is 32.7. The number of anilines is 2. The van der Waals surface area contributed by atoms with Crippen LogP contribution in [0.1, 0.15) is 22.8 Å². The van der Waals surface area contributed by atoms with E-state index in [0.717, 1.165) is 22.6 Å². The highest BCUT2D eigenvalue weighted by atomic mass is 32.2. The molecule has 28 heavy (non-hydrogen) atoms. The van der Waals surface area contributed by atoms with Gasteiger partial charge in [-0.15, -0.1) is 0 Å². The lowest BCUT2D eigenvalue weighted by molar-refractivity contribution is -0.114. The Bertz CT molecular complexity index is 1050. The zero-order chi connectivity index (χ0) is 19.5. The molecule has 0 bridgehead atoms. The van der Waals surface area contributed by atoms with Crippen LogP contribution in [0.4, 0.5) is 11.4 Å². The first-order chi connectivity index (χ1) is 13.7. The van der Waals surface area contributed by atoms with Gasteiger partial charge in [0.25, 0.3) is 5.91 Å². The van der Waals surface area contributed by atoms with Crippen molar-refractivity contribution in [2.75, 3.05) is 16.8 Å². The molecule has 2 aromatic carbocycles. The van der Waals surface area contributed by atoms with Crippen molar-refractivity contribution in [2.45, 2.75) is 23.3 Å². The minimum atomic E-state index is -0.242. The van der Waals surface area contributed by atoms with E-state index in [2.05, 4.69) is 17.2 Å². The summed E-state index contributed by atoms with van der Waals surface area (Å²) in [7, 11) is 0. The Labute approximate surface area is 167 Å². The van der Waals surface area contributed by atoms with Gasteiger partial charge in [-0.2, -0.15) is 0 Å². The maximum Gasteiger partial charge on any atom is 0.261 e. The van der Waals surface area contributed by atoms with Gasteiger partial charge >= 0.3 is 0 Å². The molecule has 6 heteroatoms. The Hall–Kier alpha value is -3.12. The Morgan fingerprint density at radius 3 is 2.82 bits per heavy atom. The number of fused-ring (bicyclic) bond motifs is 2. The highest BCUT2D eigenvalue weighted by molar-refractivity contribution is 7.99. The number of rotatable bonds is 4. The third kappa shape index (κ3) is 3.64. The SMILES string of the molecule is CCc1cccc(NC(=O)CN2C(=O)c3cccnc3Sc3ccccc32)c1. The molecule has 3 aromatic rings. The predicted octanol–water partition coefficient (Wildman–Crippen LogP) is 4.39. The van der Waals surface area contributed by atoms with Crippen LogP contribution in [0.2, 0.25) is 0 Å². The summed E-state index contributed by atoms with van der Waals surface area (Å²) in [5, 5.41) is 3.56. The van der Waals surface area contributed by atoms with Crippen LogP contribution in [0.25, 0.3) is 0 Å². The van der Waals surface area contributed by atoms with E-state index in [4.69, 9.17) is 0 Å². The van der Waals surface area contributed by atoms with Crippen molar-refractivity contribution in [3.63, 3.8) is 0 Å². The summed E-state index contributed by atoms with van der Waals surface area (Å²) in [6.45, 7) is 2.00. The van der Waals surface area contributed by atoms with E-state index in [1.165, 1.54) is 16.7 Å². The Morgan fingerprint density at radius 1 is 1.11 bits per heavy atom. The molecular weight excluding hydrogens is 370 g/mol. The van der Waals surface area contributed by atoms with Crippen LogP contribution < -0.4 is 10.2 Å². The first-order valence-electron chi connectivity index (χ1n) is 9.08. The molecule has 0 fully saturated rings. The second-order valence-corrected chi connectivity index (χ2v) is 7.45. The summed E-state index contributed by atoms with van der Waals surface area (Å²) >= 11 is 1.44. The van der Waals surface area contributed by atoms with Gasteiger partial charge in [-0.05, 0) is 48.4 Å². The number of aromatic nitrogens is 1. The number of benzene rings is 2. The number of hydrogen-bond acceptors (Lipinski definition) is 4. The lowest BCUT2D eigenvalue weighted by atomic mass is 10.1. The lowest BCUT2D eigenvalue weighted by Gasteiger charge is -2.22. The van der Waals surface area contributed by atoms with Gasteiger partial charge in [0.05, 0.1) is 11.3 Å². The molecule has 0 saturated carbocycles. The molecule has 0 saturated heterocycles. The third-order valence-corrected chi connectivity index (χ3v) is 5.61. The van der Waals surface area contributed by atoms with E-state index >= 15 is 0 Å². The van der Waals surface area contributed by atoms with E-state index in [1.807, 2.05) is 48.5 Å². The summed E-state index contributed by atoms with van der Waals surface area (Å²) in [5.41, 5.74) is 3.10. The number of pyridine rings is 1. The second kappa shape index (κ2) is 7.86. The van der Waals surface area contributed by atoms with Gasteiger partial charge in [0, 0.05) is 16.8 Å². The molecule has 5 nitrogen and oxygen atoms in total. The standard InChI is InChI=1S/C22H19N3O2S/c1-2-15-7-5-8-16(13-15)24-20(26)14-25-18-10-3-4-11-19(18)28-21-17(22(25)27)9-6-12-23-21/h3-13H,2,14H2,1H3,(H,24,26). The summed E-state index contributed by atoms with van der Waals surface area (Å²) in [6.07, 6.45) is 2.56. The molecule has 4 rings (SSSR count). The summed E-state index contributed by atoms with van der Waals surface area (Å²) in [5.74, 6) is -0.466. The van der Waals surface area contributed by atoms with Crippen LogP contribution in [0.15, 0.2) is 76.8 Å². The van der Waals surface area contributed by atoms with Crippen molar-refractivity contribution in [3.8, 4) is 0 Å². The number of nitrogens with one attached hydrogen (secondary N) is 1. The minimum Gasteiger partial charge on any atom is -0.325 e. The van der Waals surface area contributed by atoms with Crippen LogP contribution in [0.3, 0.4) is 0 Å². The van der Waals surface area contributed by atoms with Crippen molar-refractivity contribution in [3.05, 3.63) is 78.0 Å². The molecule has 0 unspecified atom stereocenters. The van der Waals surface area contributed by atoms with Crippen molar-refractivity contribution >= 4 is 35.0 Å². The van der Waals surface area contributed by atoms with Gasteiger partial charge in [0.1, 0.15) is 11.6 Å². The molecule has 140 valence electrons. The van der Waals surface area contributed by atoms with E-state index in [0.29, 0.717) is 16.3 Å². The van der Waals surface area contributed by atoms with Gasteiger partial charge in [-0.1, -0.05) is 43.0 Å². The average molecular weight is 389 g/mol. The Kier molecular flexibility index (Phi) is 5.12. The van der Waals surface area contributed by atoms with Gasteiger partial charge in [-0.3, -0.25) is 14.5 Å². The molecule has 1 aliphatic heterocycles. The lowest BCUT2D eigenvalue weighted by Crippen LogP contribution is -2.38. The van der Waals surface area contributed by atoms with Crippen molar-refractivity contribution in [2.24, 2.45) is 0 Å². The fourth-order valence-electron chi connectivity index (χ4n) is 3.13. The molecule has 0 radical (unpaired) electrons. The Morgan fingerprint density at radius 2 is 1.96 bits per heavy atom. The molecule has 2 heterocycles. The van der Waals surface area contributed by atoms with Crippen LogP contribution in [-0.2, 0) is 11.2 Å². The van der Waals surface area contributed by atoms with Crippen LogP contribution in [-0.4, -0.2) is 23.3 Å². The van der Waals surface area contributed by atoms with Crippen molar-refractivity contribution in [1.29, 1.82) is 0 Å². The highest BCUT2D eigenvalue weighted by Crippen LogP contribution is 2.39. The van der Waals surface area contributed by atoms with Crippen LogP contribution in [0.5, 0.6) is 0 Å². The molecular formula is C22H19N3O2S. The number of para-hydroxylation sites is 1. The minimum absolute atomic E-state index is 0.0684. The fourth-order valence-corrected chi connectivity index (χ4v) is 4.15. The molecule has 1 N–H and O–H groups in total. The maximum atomic E-state index is 13.2. The first kappa shape index (κ1) is 18.3. The topological polar surface area (TPSA) is 62.3 Å². The Balaban J connectivity index is 1.64. The van der Waals surface area contributed by atoms with E-state index in [-0.39, 0.29) is 18.4 Å². The quantitative estimate of drug-likeness (QED) is 0.719. The number of nitrogens with zero attached hydrogens (tertiary/aromatic N) is 2. The zero-order valence-electron chi connectivity index (χ0n) is 15.4. The summed E-state index contributed by atoms with van der Waals surface area (Å²) in [6, 6.07) is 18.8. The van der Waals surface area contributed by atoms with E-state index in [1.54, 1.807) is 18.3 Å². The maximum absolute atomic E-state index is 13.2. The smallest absolute Gasteiger partial charge is 0.261 e. The molecule has 0 aliphatic carbocycles. The van der Waals surface area contributed by atoms with Gasteiger partial charge in [0.15, 0.2) is 0 Å². The van der Waals surface area contributed by atoms with Gasteiger partial charge < -0.3 is 5.32 Å². The second-order valence-electron chi connectivity index (χ2n) is 6.42. The number of carbonyl (C=O) groups is 2. The van der Waals surface area contributed by atoms with Crippen LogP contribution >= 0.6 is 11.8 Å².